The van der Waals surface area contributed by atoms with Gasteiger partial charge in [0.1, 0.15) is 6.61 Å². The molecule has 0 radical (unpaired) electrons. The van der Waals surface area contributed by atoms with Gasteiger partial charge in [0.05, 0.1) is 33.0 Å². The second-order valence-electron chi connectivity index (χ2n) is 4.35. The summed E-state index contributed by atoms with van der Waals surface area (Å²) in [6.45, 7) is 6.37. The molecule has 0 aliphatic carbocycles. The third kappa shape index (κ3) is 10.6. The van der Waals surface area contributed by atoms with Crippen LogP contribution in [-0.4, -0.2) is 51.2 Å². The summed E-state index contributed by atoms with van der Waals surface area (Å²) in [7, 11) is 0. The number of ether oxygens (including phenoxy) is 4. The molecule has 0 fully saturated rings. The van der Waals surface area contributed by atoms with Gasteiger partial charge in [0.25, 0.3) is 0 Å². The number of aromatic nitrogens is 1. The standard InChI is InChI=1S/C15H24BrNO4/c1-2-3-6-18-7-8-19-9-10-20-11-12-21-15-5-4-14(16)13-17-15/h4-5,13H,2-3,6-12H2,1H3. The lowest BCUT2D eigenvalue weighted by Gasteiger charge is -2.07. The second-order valence-corrected chi connectivity index (χ2v) is 5.27. The van der Waals surface area contributed by atoms with E-state index in [1.807, 2.05) is 12.1 Å². The van der Waals surface area contributed by atoms with Crippen LogP contribution in [0.5, 0.6) is 5.88 Å². The maximum absolute atomic E-state index is 5.43. The van der Waals surface area contributed by atoms with E-state index in [4.69, 9.17) is 18.9 Å². The zero-order chi connectivity index (χ0) is 15.2. The number of halogens is 1. The van der Waals surface area contributed by atoms with Crippen molar-refractivity contribution in [3.63, 3.8) is 0 Å². The van der Waals surface area contributed by atoms with Crippen LogP contribution in [0.25, 0.3) is 0 Å². The van der Waals surface area contributed by atoms with Gasteiger partial charge in [-0.2, -0.15) is 0 Å². The van der Waals surface area contributed by atoms with Crippen molar-refractivity contribution in [2.75, 3.05) is 46.2 Å². The van der Waals surface area contributed by atoms with Crippen LogP contribution in [0, 0.1) is 0 Å². The van der Waals surface area contributed by atoms with Gasteiger partial charge in [-0.05, 0) is 28.4 Å². The smallest absolute Gasteiger partial charge is 0.213 e. The number of hydrogen-bond donors (Lipinski definition) is 0. The van der Waals surface area contributed by atoms with Gasteiger partial charge in [0, 0.05) is 23.3 Å². The largest absolute Gasteiger partial charge is 0.475 e. The molecule has 5 nitrogen and oxygen atoms in total. The molecule has 0 aromatic carbocycles. The molecule has 1 aromatic rings. The van der Waals surface area contributed by atoms with E-state index in [0.717, 1.165) is 23.9 Å². The molecule has 0 atom stereocenters. The van der Waals surface area contributed by atoms with Crippen LogP contribution in [0.2, 0.25) is 0 Å². The summed E-state index contributed by atoms with van der Waals surface area (Å²) in [6.07, 6.45) is 3.97. The van der Waals surface area contributed by atoms with Gasteiger partial charge >= 0.3 is 0 Å². The summed E-state index contributed by atoms with van der Waals surface area (Å²) >= 11 is 3.32. The van der Waals surface area contributed by atoms with E-state index in [-0.39, 0.29) is 0 Å². The van der Waals surface area contributed by atoms with Crippen LogP contribution in [0.4, 0.5) is 0 Å². The minimum atomic E-state index is 0.481. The third-order valence-electron chi connectivity index (χ3n) is 2.56. The molecule has 0 unspecified atom stereocenters. The summed E-state index contributed by atoms with van der Waals surface area (Å²) < 4.78 is 22.5. The molecule has 21 heavy (non-hydrogen) atoms. The number of unbranched alkanes of at least 4 members (excludes halogenated alkanes) is 1. The van der Waals surface area contributed by atoms with E-state index in [1.165, 1.54) is 0 Å². The van der Waals surface area contributed by atoms with Gasteiger partial charge in [0.2, 0.25) is 5.88 Å². The minimum absolute atomic E-state index is 0.481. The Balaban J connectivity index is 1.81. The van der Waals surface area contributed by atoms with Crippen molar-refractivity contribution in [2.24, 2.45) is 0 Å². The van der Waals surface area contributed by atoms with Gasteiger partial charge in [-0.15, -0.1) is 0 Å². The van der Waals surface area contributed by atoms with E-state index < -0.39 is 0 Å². The first-order valence-corrected chi connectivity index (χ1v) is 8.10. The van der Waals surface area contributed by atoms with E-state index in [1.54, 1.807) is 6.20 Å². The lowest BCUT2D eigenvalue weighted by molar-refractivity contribution is 0.00872. The highest BCUT2D eigenvalue weighted by atomic mass is 79.9. The van der Waals surface area contributed by atoms with Crippen molar-refractivity contribution >= 4 is 15.9 Å². The lowest BCUT2D eigenvalue weighted by Crippen LogP contribution is -2.13. The molecule has 0 saturated heterocycles. The Hall–Kier alpha value is -0.690. The Bertz CT molecular complexity index is 348. The molecule has 0 N–H and O–H groups in total. The minimum Gasteiger partial charge on any atom is -0.475 e. The molecule has 1 heterocycles. The maximum Gasteiger partial charge on any atom is 0.213 e. The van der Waals surface area contributed by atoms with E-state index in [0.29, 0.717) is 45.5 Å². The summed E-state index contributed by atoms with van der Waals surface area (Å²) in [6, 6.07) is 3.70. The van der Waals surface area contributed by atoms with Crippen LogP contribution >= 0.6 is 15.9 Å². The summed E-state index contributed by atoms with van der Waals surface area (Å²) in [5.41, 5.74) is 0. The van der Waals surface area contributed by atoms with Crippen molar-refractivity contribution in [1.29, 1.82) is 0 Å². The Morgan fingerprint density at radius 2 is 1.52 bits per heavy atom. The molecular weight excluding hydrogens is 338 g/mol. The van der Waals surface area contributed by atoms with Crippen LogP contribution in [-0.2, 0) is 14.2 Å². The van der Waals surface area contributed by atoms with Gasteiger partial charge in [-0.25, -0.2) is 4.98 Å². The van der Waals surface area contributed by atoms with Crippen molar-refractivity contribution in [3.05, 3.63) is 22.8 Å². The highest BCUT2D eigenvalue weighted by molar-refractivity contribution is 9.10. The van der Waals surface area contributed by atoms with Crippen molar-refractivity contribution in [2.45, 2.75) is 19.8 Å². The molecule has 120 valence electrons. The SMILES string of the molecule is CCCCOCCOCCOCCOc1ccc(Br)cn1. The molecule has 0 amide bonds. The number of nitrogens with zero attached hydrogens (tertiary/aromatic N) is 1. The van der Waals surface area contributed by atoms with Crippen molar-refractivity contribution in [1.82, 2.24) is 4.98 Å². The topological polar surface area (TPSA) is 49.8 Å². The number of hydrogen-bond acceptors (Lipinski definition) is 5. The summed E-state index contributed by atoms with van der Waals surface area (Å²) in [5.74, 6) is 0.599. The predicted molar refractivity (Wildman–Crippen MR) is 84.8 cm³/mol. The van der Waals surface area contributed by atoms with E-state index in [2.05, 4.69) is 27.8 Å². The molecule has 0 spiro atoms. The Kier molecular flexibility index (Phi) is 11.4. The molecule has 0 aliphatic heterocycles. The summed E-state index contributed by atoms with van der Waals surface area (Å²) in [5, 5.41) is 0. The Morgan fingerprint density at radius 1 is 0.905 bits per heavy atom. The molecular formula is C15H24BrNO4. The lowest BCUT2D eigenvalue weighted by atomic mass is 10.4. The van der Waals surface area contributed by atoms with Crippen molar-refractivity contribution < 1.29 is 18.9 Å². The molecule has 1 rings (SSSR count). The first-order chi connectivity index (χ1) is 10.3. The average Bonchev–Trinajstić information content (AvgIpc) is 2.50. The monoisotopic (exact) mass is 361 g/mol. The van der Waals surface area contributed by atoms with Crippen LogP contribution in [0.1, 0.15) is 19.8 Å². The molecule has 6 heteroatoms. The Labute approximate surface area is 135 Å². The van der Waals surface area contributed by atoms with Gasteiger partial charge in [-0.1, -0.05) is 13.3 Å². The van der Waals surface area contributed by atoms with Gasteiger partial charge < -0.3 is 18.9 Å². The zero-order valence-electron chi connectivity index (χ0n) is 12.6. The molecule has 0 aliphatic rings. The van der Waals surface area contributed by atoms with Gasteiger partial charge in [-0.3, -0.25) is 0 Å². The van der Waals surface area contributed by atoms with Gasteiger partial charge in [0.15, 0.2) is 0 Å². The molecule has 0 bridgehead atoms. The van der Waals surface area contributed by atoms with E-state index >= 15 is 0 Å². The summed E-state index contributed by atoms with van der Waals surface area (Å²) in [4.78, 5) is 4.10. The van der Waals surface area contributed by atoms with Crippen LogP contribution in [0.3, 0.4) is 0 Å². The maximum atomic E-state index is 5.43. The molecule has 0 saturated carbocycles. The van der Waals surface area contributed by atoms with Crippen LogP contribution in [0.15, 0.2) is 22.8 Å². The second kappa shape index (κ2) is 13.0. The first-order valence-electron chi connectivity index (χ1n) is 7.30. The number of pyridine rings is 1. The third-order valence-corrected chi connectivity index (χ3v) is 3.03. The molecule has 1 aromatic heterocycles. The van der Waals surface area contributed by atoms with Crippen LogP contribution < -0.4 is 4.74 Å². The number of rotatable bonds is 13. The quantitative estimate of drug-likeness (QED) is 0.505. The fraction of sp³-hybridized carbons (Fsp3) is 0.667. The Morgan fingerprint density at radius 3 is 2.10 bits per heavy atom. The normalized spacial score (nSPS) is 10.8. The fourth-order valence-corrected chi connectivity index (χ4v) is 1.68. The van der Waals surface area contributed by atoms with Crippen molar-refractivity contribution in [3.8, 4) is 5.88 Å². The first kappa shape index (κ1) is 18.4. The fourth-order valence-electron chi connectivity index (χ4n) is 1.44. The highest BCUT2D eigenvalue weighted by Crippen LogP contribution is 2.11. The van der Waals surface area contributed by atoms with E-state index in [9.17, 15) is 0 Å². The predicted octanol–water partition coefficient (Wildman–Crippen LogP) is 3.07. The zero-order valence-corrected chi connectivity index (χ0v) is 14.1. The highest BCUT2D eigenvalue weighted by Gasteiger charge is 1.96. The average molecular weight is 362 g/mol.